The molecule has 0 N–H and O–H groups in total. The van der Waals surface area contributed by atoms with Crippen LogP contribution in [0.15, 0.2) is 23.7 Å². The van der Waals surface area contributed by atoms with Crippen LogP contribution in [0, 0.1) is 0 Å². The molecule has 0 aromatic carbocycles. The Morgan fingerprint density at radius 1 is 1.56 bits per heavy atom. The summed E-state index contributed by atoms with van der Waals surface area (Å²) in [5.41, 5.74) is 1.02. The molecule has 0 fully saturated rings. The minimum Gasteiger partial charge on any atom is -0.252 e. The second-order valence-electron chi connectivity index (χ2n) is 3.61. The van der Waals surface area contributed by atoms with Gasteiger partial charge in [-0.1, -0.05) is 34.1 Å². The molecule has 0 aliphatic heterocycles. The number of rotatable bonds is 5. The van der Waals surface area contributed by atoms with Gasteiger partial charge in [0.15, 0.2) is 0 Å². The van der Waals surface area contributed by atoms with E-state index >= 15 is 0 Å². The Morgan fingerprint density at radius 2 is 2.44 bits per heavy atom. The summed E-state index contributed by atoms with van der Waals surface area (Å²) in [6.45, 7) is 3.03. The normalized spacial score (nSPS) is 12.9. The van der Waals surface area contributed by atoms with Crippen LogP contribution >= 0.6 is 27.3 Å². The quantitative estimate of drug-likeness (QED) is 0.792. The minimum atomic E-state index is 0.322. The lowest BCUT2D eigenvalue weighted by atomic mass is 10.3. The van der Waals surface area contributed by atoms with Crippen LogP contribution in [0.3, 0.4) is 0 Å². The molecule has 86 valence electrons. The first-order valence-electron chi connectivity index (χ1n) is 5.36. The van der Waals surface area contributed by atoms with E-state index in [1.54, 1.807) is 11.3 Å². The van der Waals surface area contributed by atoms with Crippen molar-refractivity contribution in [2.75, 3.05) is 0 Å². The molecule has 2 heterocycles. The van der Waals surface area contributed by atoms with Gasteiger partial charge in [0.25, 0.3) is 0 Å². The number of nitrogens with zero attached hydrogens (tertiary/aromatic N) is 3. The Bertz CT molecular complexity index is 424. The van der Waals surface area contributed by atoms with Crippen LogP contribution < -0.4 is 0 Å². The summed E-state index contributed by atoms with van der Waals surface area (Å²) in [6.07, 6.45) is 4.08. The van der Waals surface area contributed by atoms with Crippen LogP contribution in [0.2, 0.25) is 0 Å². The summed E-state index contributed by atoms with van der Waals surface area (Å²) in [6, 6.07) is 4.24. The number of aryl methyl sites for hydroxylation is 2. The Hall–Kier alpha value is -0.680. The molecule has 2 rings (SSSR count). The topological polar surface area (TPSA) is 30.7 Å². The zero-order chi connectivity index (χ0) is 11.4. The van der Waals surface area contributed by atoms with Crippen molar-refractivity contribution >= 4 is 27.3 Å². The van der Waals surface area contributed by atoms with Crippen LogP contribution in [0.4, 0.5) is 0 Å². The molecule has 0 radical (unpaired) electrons. The third-order valence-corrected chi connectivity index (χ3v) is 4.46. The molecule has 0 amide bonds. The fourth-order valence-electron chi connectivity index (χ4n) is 1.45. The van der Waals surface area contributed by atoms with Crippen molar-refractivity contribution in [2.24, 2.45) is 0 Å². The van der Waals surface area contributed by atoms with E-state index in [-0.39, 0.29) is 0 Å². The number of hydrogen-bond acceptors (Lipinski definition) is 3. The molecule has 3 nitrogen and oxygen atoms in total. The summed E-state index contributed by atoms with van der Waals surface area (Å²) in [5, 5.41) is 10.4. The van der Waals surface area contributed by atoms with E-state index < -0.39 is 0 Å². The lowest BCUT2D eigenvalue weighted by molar-refractivity contribution is 0.592. The summed E-state index contributed by atoms with van der Waals surface area (Å²) >= 11 is 5.36. The van der Waals surface area contributed by atoms with Gasteiger partial charge in [-0.05, 0) is 17.9 Å². The molecule has 1 atom stereocenters. The van der Waals surface area contributed by atoms with Gasteiger partial charge in [-0.2, -0.15) is 0 Å². The first kappa shape index (κ1) is 11.8. The molecule has 2 aromatic heterocycles. The van der Waals surface area contributed by atoms with E-state index in [1.165, 1.54) is 4.88 Å². The number of hydrogen-bond donors (Lipinski definition) is 0. The first-order chi connectivity index (χ1) is 7.79. The Labute approximate surface area is 108 Å². The fraction of sp³-hybridized carbons (Fsp3) is 0.455. The average Bonchev–Trinajstić information content (AvgIpc) is 2.96. The molecule has 0 saturated carbocycles. The second kappa shape index (κ2) is 5.59. The Balaban J connectivity index is 1.93. The Kier molecular flexibility index (Phi) is 4.12. The zero-order valence-electron chi connectivity index (χ0n) is 9.14. The van der Waals surface area contributed by atoms with Crippen LogP contribution in [-0.4, -0.2) is 15.0 Å². The lowest BCUT2D eigenvalue weighted by Crippen LogP contribution is -2.00. The number of alkyl halides is 1. The summed E-state index contributed by atoms with van der Waals surface area (Å²) in [7, 11) is 0. The smallest absolute Gasteiger partial charge is 0.0963 e. The van der Waals surface area contributed by atoms with Gasteiger partial charge in [0.05, 0.1) is 10.5 Å². The maximum absolute atomic E-state index is 4.16. The number of halogens is 1. The van der Waals surface area contributed by atoms with Crippen molar-refractivity contribution in [3.8, 4) is 0 Å². The van der Waals surface area contributed by atoms with Crippen molar-refractivity contribution in [1.29, 1.82) is 0 Å². The van der Waals surface area contributed by atoms with Crippen molar-refractivity contribution in [3.05, 3.63) is 34.3 Å². The van der Waals surface area contributed by atoms with Crippen molar-refractivity contribution in [1.82, 2.24) is 15.0 Å². The van der Waals surface area contributed by atoms with E-state index in [0.29, 0.717) is 4.83 Å². The van der Waals surface area contributed by atoms with Gasteiger partial charge in [-0.15, -0.1) is 16.4 Å². The van der Waals surface area contributed by atoms with Gasteiger partial charge in [0.2, 0.25) is 0 Å². The number of aromatic nitrogens is 3. The van der Waals surface area contributed by atoms with Gasteiger partial charge < -0.3 is 0 Å². The summed E-state index contributed by atoms with van der Waals surface area (Å²) in [4.78, 5) is 1.71. The SMILES string of the molecule is CCC(Br)c1cn(CCc2cccs2)nn1. The van der Waals surface area contributed by atoms with Crippen LogP contribution in [0.5, 0.6) is 0 Å². The highest BCUT2D eigenvalue weighted by Crippen LogP contribution is 2.23. The molecule has 5 heteroatoms. The van der Waals surface area contributed by atoms with Gasteiger partial charge in [-0.25, -0.2) is 0 Å². The highest BCUT2D eigenvalue weighted by atomic mass is 79.9. The van der Waals surface area contributed by atoms with Crippen LogP contribution in [-0.2, 0) is 13.0 Å². The monoisotopic (exact) mass is 299 g/mol. The fourth-order valence-corrected chi connectivity index (χ4v) is 2.36. The minimum absolute atomic E-state index is 0.322. The average molecular weight is 300 g/mol. The predicted octanol–water partition coefficient (Wildman–Crippen LogP) is 3.43. The van der Waals surface area contributed by atoms with E-state index in [2.05, 4.69) is 50.7 Å². The maximum atomic E-state index is 4.16. The van der Waals surface area contributed by atoms with Gasteiger partial charge >= 0.3 is 0 Å². The maximum Gasteiger partial charge on any atom is 0.0963 e. The van der Waals surface area contributed by atoms with E-state index in [9.17, 15) is 0 Å². The number of thiophene rings is 1. The lowest BCUT2D eigenvalue weighted by Gasteiger charge is -1.99. The molecule has 0 saturated heterocycles. The highest BCUT2D eigenvalue weighted by molar-refractivity contribution is 9.09. The second-order valence-corrected chi connectivity index (χ2v) is 5.75. The van der Waals surface area contributed by atoms with Gasteiger partial charge in [0.1, 0.15) is 0 Å². The summed E-state index contributed by atoms with van der Waals surface area (Å²) < 4.78 is 1.92. The zero-order valence-corrected chi connectivity index (χ0v) is 11.5. The molecule has 0 aliphatic carbocycles. The molecular weight excluding hydrogens is 286 g/mol. The Morgan fingerprint density at radius 3 is 3.12 bits per heavy atom. The van der Waals surface area contributed by atoms with Crippen LogP contribution in [0.1, 0.15) is 28.7 Å². The molecule has 0 aliphatic rings. The van der Waals surface area contributed by atoms with Crippen molar-refractivity contribution < 1.29 is 0 Å². The predicted molar refractivity (Wildman–Crippen MR) is 70.0 cm³/mol. The standard InChI is InChI=1S/C11H14BrN3S/c1-2-10(12)11-8-15(14-13-11)6-5-9-4-3-7-16-9/h3-4,7-8,10H,2,5-6H2,1H3. The first-order valence-corrected chi connectivity index (χ1v) is 7.15. The molecule has 2 aromatic rings. The molecule has 0 bridgehead atoms. The highest BCUT2D eigenvalue weighted by Gasteiger charge is 2.09. The molecular formula is C11H14BrN3S. The van der Waals surface area contributed by atoms with E-state index in [4.69, 9.17) is 0 Å². The van der Waals surface area contributed by atoms with E-state index in [0.717, 1.165) is 25.1 Å². The van der Waals surface area contributed by atoms with Crippen LogP contribution in [0.25, 0.3) is 0 Å². The largest absolute Gasteiger partial charge is 0.252 e. The third kappa shape index (κ3) is 2.92. The van der Waals surface area contributed by atoms with Gasteiger partial charge in [0, 0.05) is 24.0 Å². The van der Waals surface area contributed by atoms with Crippen molar-refractivity contribution in [2.45, 2.75) is 31.1 Å². The van der Waals surface area contributed by atoms with Gasteiger partial charge in [-0.3, -0.25) is 4.68 Å². The molecule has 1 unspecified atom stereocenters. The van der Waals surface area contributed by atoms with E-state index in [1.807, 2.05) is 10.9 Å². The van der Waals surface area contributed by atoms with Crippen molar-refractivity contribution in [3.63, 3.8) is 0 Å². The molecule has 0 spiro atoms. The molecule has 16 heavy (non-hydrogen) atoms. The third-order valence-electron chi connectivity index (χ3n) is 2.40. The summed E-state index contributed by atoms with van der Waals surface area (Å²) in [5.74, 6) is 0.